The SMILES string of the molecule is Cc1cccc(C(N)c2cc(Br)ccc2I)c1C. The highest BCUT2D eigenvalue weighted by Gasteiger charge is 2.15. The first-order chi connectivity index (χ1) is 8.50. The molecule has 0 fully saturated rings. The molecule has 1 atom stereocenters. The zero-order chi connectivity index (χ0) is 13.3. The molecule has 0 aliphatic carbocycles. The third kappa shape index (κ3) is 2.78. The van der Waals surface area contributed by atoms with E-state index in [1.54, 1.807) is 0 Å². The fourth-order valence-electron chi connectivity index (χ4n) is 2.03. The van der Waals surface area contributed by atoms with Crippen molar-refractivity contribution in [1.29, 1.82) is 0 Å². The molecule has 2 N–H and O–H groups in total. The summed E-state index contributed by atoms with van der Waals surface area (Å²) in [5, 5.41) is 0. The summed E-state index contributed by atoms with van der Waals surface area (Å²) in [6.45, 7) is 4.26. The van der Waals surface area contributed by atoms with Gasteiger partial charge in [0.2, 0.25) is 0 Å². The lowest BCUT2D eigenvalue weighted by molar-refractivity contribution is 0.852. The van der Waals surface area contributed by atoms with Gasteiger partial charge in [-0.25, -0.2) is 0 Å². The van der Waals surface area contributed by atoms with Crippen LogP contribution in [0.15, 0.2) is 40.9 Å². The predicted molar refractivity (Wildman–Crippen MR) is 88.8 cm³/mol. The summed E-state index contributed by atoms with van der Waals surface area (Å²) in [5.74, 6) is 0. The van der Waals surface area contributed by atoms with Gasteiger partial charge in [-0.3, -0.25) is 0 Å². The minimum Gasteiger partial charge on any atom is -0.320 e. The number of rotatable bonds is 2. The van der Waals surface area contributed by atoms with Gasteiger partial charge in [0, 0.05) is 8.04 Å². The first-order valence-electron chi connectivity index (χ1n) is 5.77. The summed E-state index contributed by atoms with van der Waals surface area (Å²) in [7, 11) is 0. The van der Waals surface area contributed by atoms with Gasteiger partial charge in [0.1, 0.15) is 0 Å². The lowest BCUT2D eigenvalue weighted by Crippen LogP contribution is -2.15. The number of halogens is 2. The van der Waals surface area contributed by atoms with Crippen molar-refractivity contribution in [3.8, 4) is 0 Å². The van der Waals surface area contributed by atoms with Crippen LogP contribution in [0.2, 0.25) is 0 Å². The van der Waals surface area contributed by atoms with Crippen molar-refractivity contribution in [1.82, 2.24) is 0 Å². The fraction of sp³-hybridized carbons (Fsp3) is 0.200. The first-order valence-corrected chi connectivity index (χ1v) is 7.64. The van der Waals surface area contributed by atoms with Crippen LogP contribution in [0.3, 0.4) is 0 Å². The number of nitrogens with two attached hydrogens (primary N) is 1. The van der Waals surface area contributed by atoms with E-state index in [-0.39, 0.29) is 6.04 Å². The average molecular weight is 416 g/mol. The molecule has 0 bridgehead atoms. The van der Waals surface area contributed by atoms with E-state index >= 15 is 0 Å². The summed E-state index contributed by atoms with van der Waals surface area (Å²) in [5.41, 5.74) is 11.4. The van der Waals surface area contributed by atoms with Crippen molar-refractivity contribution >= 4 is 38.5 Å². The summed E-state index contributed by atoms with van der Waals surface area (Å²) in [6.07, 6.45) is 0. The van der Waals surface area contributed by atoms with Crippen LogP contribution < -0.4 is 5.73 Å². The zero-order valence-corrected chi connectivity index (χ0v) is 14.1. The quantitative estimate of drug-likeness (QED) is 0.705. The van der Waals surface area contributed by atoms with Crippen LogP contribution >= 0.6 is 38.5 Å². The van der Waals surface area contributed by atoms with Crippen molar-refractivity contribution < 1.29 is 0 Å². The zero-order valence-electron chi connectivity index (χ0n) is 10.4. The van der Waals surface area contributed by atoms with Gasteiger partial charge >= 0.3 is 0 Å². The van der Waals surface area contributed by atoms with Crippen molar-refractivity contribution in [2.24, 2.45) is 5.73 Å². The van der Waals surface area contributed by atoms with Crippen molar-refractivity contribution in [2.75, 3.05) is 0 Å². The molecule has 0 spiro atoms. The van der Waals surface area contributed by atoms with Crippen LogP contribution in [0, 0.1) is 17.4 Å². The van der Waals surface area contributed by atoms with E-state index in [0.29, 0.717) is 0 Å². The largest absolute Gasteiger partial charge is 0.320 e. The second-order valence-electron chi connectivity index (χ2n) is 4.43. The molecule has 2 aromatic rings. The van der Waals surface area contributed by atoms with Gasteiger partial charge < -0.3 is 5.73 Å². The van der Waals surface area contributed by atoms with Crippen molar-refractivity contribution in [3.63, 3.8) is 0 Å². The lowest BCUT2D eigenvalue weighted by atomic mass is 9.93. The topological polar surface area (TPSA) is 26.0 Å². The normalized spacial score (nSPS) is 12.5. The number of benzene rings is 2. The van der Waals surface area contributed by atoms with E-state index < -0.39 is 0 Å². The minimum absolute atomic E-state index is 0.0747. The number of hydrogen-bond donors (Lipinski definition) is 1. The Morgan fingerprint density at radius 2 is 1.83 bits per heavy atom. The molecule has 1 unspecified atom stereocenters. The van der Waals surface area contributed by atoms with Crippen LogP contribution in [0.5, 0.6) is 0 Å². The monoisotopic (exact) mass is 415 g/mol. The van der Waals surface area contributed by atoms with Crippen LogP contribution in [-0.2, 0) is 0 Å². The predicted octanol–water partition coefficient (Wildman–Crippen LogP) is 4.72. The molecule has 0 aliphatic rings. The second kappa shape index (κ2) is 5.72. The molecule has 0 radical (unpaired) electrons. The molecule has 0 saturated carbocycles. The summed E-state index contributed by atoms with van der Waals surface area (Å²) in [4.78, 5) is 0. The number of aryl methyl sites for hydroxylation is 1. The minimum atomic E-state index is -0.0747. The van der Waals surface area contributed by atoms with Gasteiger partial charge in [0.25, 0.3) is 0 Å². The van der Waals surface area contributed by atoms with Gasteiger partial charge in [0.15, 0.2) is 0 Å². The maximum absolute atomic E-state index is 6.43. The first kappa shape index (κ1) is 14.0. The Kier molecular flexibility index (Phi) is 4.45. The summed E-state index contributed by atoms with van der Waals surface area (Å²) >= 11 is 5.85. The van der Waals surface area contributed by atoms with E-state index in [1.165, 1.54) is 25.8 Å². The van der Waals surface area contributed by atoms with E-state index in [2.05, 4.69) is 82.7 Å². The van der Waals surface area contributed by atoms with Crippen LogP contribution in [0.4, 0.5) is 0 Å². The molecule has 0 aliphatic heterocycles. The Hall–Kier alpha value is -0.390. The molecule has 18 heavy (non-hydrogen) atoms. The third-order valence-electron chi connectivity index (χ3n) is 3.27. The van der Waals surface area contributed by atoms with Crippen molar-refractivity contribution in [2.45, 2.75) is 19.9 Å². The van der Waals surface area contributed by atoms with E-state index in [9.17, 15) is 0 Å². The second-order valence-corrected chi connectivity index (χ2v) is 6.51. The molecule has 0 amide bonds. The van der Waals surface area contributed by atoms with Gasteiger partial charge in [-0.2, -0.15) is 0 Å². The van der Waals surface area contributed by atoms with Crippen LogP contribution in [0.1, 0.15) is 28.3 Å². The Labute approximate surface area is 130 Å². The third-order valence-corrected chi connectivity index (χ3v) is 4.75. The fourth-order valence-corrected chi connectivity index (χ4v) is 3.08. The van der Waals surface area contributed by atoms with Gasteiger partial charge in [-0.05, 0) is 76.9 Å². The molecule has 1 nitrogen and oxygen atoms in total. The molecule has 0 saturated heterocycles. The number of hydrogen-bond acceptors (Lipinski definition) is 1. The summed E-state index contributed by atoms with van der Waals surface area (Å²) < 4.78 is 2.27. The highest BCUT2D eigenvalue weighted by atomic mass is 127. The molecular formula is C15H15BrIN. The molecule has 2 aromatic carbocycles. The van der Waals surface area contributed by atoms with Crippen molar-refractivity contribution in [3.05, 3.63) is 66.7 Å². The molecule has 94 valence electrons. The Morgan fingerprint density at radius 1 is 1.11 bits per heavy atom. The Balaban J connectivity index is 2.51. The highest BCUT2D eigenvalue weighted by molar-refractivity contribution is 14.1. The van der Waals surface area contributed by atoms with E-state index in [0.717, 1.165) is 4.47 Å². The Bertz CT molecular complexity index is 579. The lowest BCUT2D eigenvalue weighted by Gasteiger charge is -2.18. The molecule has 0 heterocycles. The van der Waals surface area contributed by atoms with E-state index in [4.69, 9.17) is 5.73 Å². The van der Waals surface area contributed by atoms with Crippen LogP contribution in [-0.4, -0.2) is 0 Å². The summed E-state index contributed by atoms with van der Waals surface area (Å²) in [6, 6.07) is 12.5. The maximum atomic E-state index is 6.43. The Morgan fingerprint density at radius 3 is 2.56 bits per heavy atom. The molecule has 0 aromatic heterocycles. The molecule has 3 heteroatoms. The van der Waals surface area contributed by atoms with E-state index in [1.807, 2.05) is 6.07 Å². The smallest absolute Gasteiger partial charge is 0.0565 e. The standard InChI is InChI=1S/C15H15BrIN/c1-9-4-3-5-12(10(9)2)15(18)13-8-11(16)6-7-14(13)17/h3-8,15H,18H2,1-2H3. The van der Waals surface area contributed by atoms with Gasteiger partial charge in [0.05, 0.1) is 6.04 Å². The highest BCUT2D eigenvalue weighted by Crippen LogP contribution is 2.29. The maximum Gasteiger partial charge on any atom is 0.0565 e. The molecular weight excluding hydrogens is 401 g/mol. The van der Waals surface area contributed by atoms with Gasteiger partial charge in [-0.15, -0.1) is 0 Å². The average Bonchev–Trinajstić information content (AvgIpc) is 2.35. The molecule has 2 rings (SSSR count). The van der Waals surface area contributed by atoms with Crippen LogP contribution in [0.25, 0.3) is 0 Å². The van der Waals surface area contributed by atoms with Gasteiger partial charge in [-0.1, -0.05) is 34.1 Å².